The molecule has 0 saturated heterocycles. The standard InChI is InChI=1S/C10H16ClN3O/c1-7-4-3-5-10(6-7,15-2)8-12-9(11)14-13-8/h7H,3-6H2,1-2H3,(H,12,13,14). The minimum absolute atomic E-state index is 0.264. The number of nitrogens with one attached hydrogen (secondary N) is 1. The first-order valence-electron chi connectivity index (χ1n) is 5.30. The number of hydrogen-bond donors (Lipinski definition) is 1. The van der Waals surface area contributed by atoms with Crippen molar-refractivity contribution in [3.8, 4) is 0 Å². The highest BCUT2D eigenvalue weighted by atomic mass is 35.5. The van der Waals surface area contributed by atoms with Gasteiger partial charge in [0.15, 0.2) is 5.82 Å². The van der Waals surface area contributed by atoms with Crippen LogP contribution in [0.3, 0.4) is 0 Å². The Morgan fingerprint density at radius 3 is 2.93 bits per heavy atom. The zero-order valence-electron chi connectivity index (χ0n) is 9.09. The third kappa shape index (κ3) is 2.01. The van der Waals surface area contributed by atoms with E-state index >= 15 is 0 Å². The van der Waals surface area contributed by atoms with Crippen molar-refractivity contribution in [2.75, 3.05) is 7.11 Å². The average Bonchev–Trinajstić information content (AvgIpc) is 2.65. The summed E-state index contributed by atoms with van der Waals surface area (Å²) in [5.74, 6) is 1.42. The number of H-pyrrole nitrogens is 1. The summed E-state index contributed by atoms with van der Waals surface area (Å²) in [5, 5.41) is 6.99. The van der Waals surface area contributed by atoms with Crippen LogP contribution < -0.4 is 0 Å². The molecule has 0 bridgehead atoms. The monoisotopic (exact) mass is 229 g/mol. The van der Waals surface area contributed by atoms with E-state index in [2.05, 4.69) is 22.1 Å². The largest absolute Gasteiger partial charge is 0.370 e. The van der Waals surface area contributed by atoms with E-state index in [1.165, 1.54) is 6.42 Å². The van der Waals surface area contributed by atoms with E-state index in [1.807, 2.05) is 0 Å². The van der Waals surface area contributed by atoms with Crippen molar-refractivity contribution in [2.45, 2.75) is 38.2 Å². The predicted octanol–water partition coefficient (Wildman–Crippen LogP) is 2.51. The van der Waals surface area contributed by atoms with Gasteiger partial charge >= 0.3 is 0 Å². The second kappa shape index (κ2) is 4.10. The lowest BCUT2D eigenvalue weighted by Gasteiger charge is -2.36. The van der Waals surface area contributed by atoms with Gasteiger partial charge in [0.2, 0.25) is 5.28 Å². The molecule has 5 heteroatoms. The Morgan fingerprint density at radius 2 is 2.40 bits per heavy atom. The Morgan fingerprint density at radius 1 is 1.60 bits per heavy atom. The predicted molar refractivity (Wildman–Crippen MR) is 57.7 cm³/mol. The SMILES string of the molecule is COC1(c2nc(Cl)n[nH]2)CCCC(C)C1. The van der Waals surface area contributed by atoms with E-state index in [-0.39, 0.29) is 10.9 Å². The molecule has 84 valence electrons. The van der Waals surface area contributed by atoms with Crippen molar-refractivity contribution in [3.63, 3.8) is 0 Å². The summed E-state index contributed by atoms with van der Waals surface area (Å²) in [6, 6.07) is 0. The smallest absolute Gasteiger partial charge is 0.242 e. The number of rotatable bonds is 2. The highest BCUT2D eigenvalue weighted by molar-refractivity contribution is 6.28. The molecular formula is C10H16ClN3O. The third-order valence-corrected chi connectivity index (χ3v) is 3.41. The molecule has 0 aromatic carbocycles. The molecule has 0 spiro atoms. The summed E-state index contributed by atoms with van der Waals surface area (Å²) in [7, 11) is 1.73. The number of aromatic nitrogens is 3. The van der Waals surface area contributed by atoms with Crippen LogP contribution >= 0.6 is 11.6 Å². The van der Waals surface area contributed by atoms with Crippen LogP contribution in [-0.4, -0.2) is 22.3 Å². The van der Waals surface area contributed by atoms with Gasteiger partial charge in [-0.25, -0.2) is 0 Å². The topological polar surface area (TPSA) is 50.8 Å². The summed E-state index contributed by atoms with van der Waals surface area (Å²) < 4.78 is 5.66. The van der Waals surface area contributed by atoms with Crippen molar-refractivity contribution in [1.29, 1.82) is 0 Å². The molecule has 1 aromatic rings. The Kier molecular flexibility index (Phi) is 2.98. The first kappa shape index (κ1) is 10.9. The van der Waals surface area contributed by atoms with E-state index in [0.717, 1.165) is 25.1 Å². The molecule has 0 aliphatic heterocycles. The van der Waals surface area contributed by atoms with Crippen molar-refractivity contribution in [3.05, 3.63) is 11.1 Å². The van der Waals surface area contributed by atoms with E-state index in [1.54, 1.807) is 7.11 Å². The molecule has 1 N–H and O–H groups in total. The molecule has 15 heavy (non-hydrogen) atoms. The van der Waals surface area contributed by atoms with Crippen LogP contribution in [0.1, 0.15) is 38.4 Å². The lowest BCUT2D eigenvalue weighted by Crippen LogP contribution is -2.35. The van der Waals surface area contributed by atoms with Crippen molar-refractivity contribution >= 4 is 11.6 Å². The zero-order chi connectivity index (χ0) is 10.9. The van der Waals surface area contributed by atoms with Crippen LogP contribution in [0.2, 0.25) is 5.28 Å². The molecule has 2 atom stereocenters. The van der Waals surface area contributed by atoms with Crippen LogP contribution in [-0.2, 0) is 10.3 Å². The number of nitrogens with zero attached hydrogens (tertiary/aromatic N) is 2. The zero-order valence-corrected chi connectivity index (χ0v) is 9.84. The van der Waals surface area contributed by atoms with E-state index in [0.29, 0.717) is 5.92 Å². The Hall–Kier alpha value is -0.610. The summed E-state index contributed by atoms with van der Waals surface area (Å²) in [4.78, 5) is 4.19. The molecule has 1 aromatic heterocycles. The number of methoxy groups -OCH3 is 1. The maximum absolute atomic E-state index is 5.73. The second-order valence-corrected chi connectivity index (χ2v) is 4.69. The van der Waals surface area contributed by atoms with Crippen LogP contribution in [0.25, 0.3) is 0 Å². The molecule has 4 nitrogen and oxygen atoms in total. The lowest BCUT2D eigenvalue weighted by atomic mass is 9.78. The summed E-state index contributed by atoms with van der Waals surface area (Å²) in [6.45, 7) is 2.24. The van der Waals surface area contributed by atoms with Crippen molar-refractivity contribution < 1.29 is 4.74 Å². The first-order valence-corrected chi connectivity index (χ1v) is 5.67. The van der Waals surface area contributed by atoms with Gasteiger partial charge in [0, 0.05) is 7.11 Å². The Labute approximate surface area is 94.4 Å². The van der Waals surface area contributed by atoms with Gasteiger partial charge in [0.05, 0.1) is 0 Å². The van der Waals surface area contributed by atoms with Gasteiger partial charge in [-0.05, 0) is 36.8 Å². The molecule has 1 fully saturated rings. The van der Waals surface area contributed by atoms with Crippen LogP contribution in [0.15, 0.2) is 0 Å². The van der Waals surface area contributed by atoms with E-state index in [9.17, 15) is 0 Å². The van der Waals surface area contributed by atoms with Crippen LogP contribution in [0.5, 0.6) is 0 Å². The van der Waals surface area contributed by atoms with Gasteiger partial charge in [-0.15, -0.1) is 5.10 Å². The van der Waals surface area contributed by atoms with Crippen molar-refractivity contribution in [1.82, 2.24) is 15.2 Å². The van der Waals surface area contributed by atoms with Gasteiger partial charge < -0.3 is 4.74 Å². The Balaban J connectivity index is 2.27. The number of hydrogen-bond acceptors (Lipinski definition) is 3. The first-order chi connectivity index (χ1) is 7.16. The molecule has 0 radical (unpaired) electrons. The summed E-state index contributed by atoms with van der Waals surface area (Å²) >= 11 is 5.73. The minimum atomic E-state index is -0.308. The molecule has 1 saturated carbocycles. The lowest BCUT2D eigenvalue weighted by molar-refractivity contribution is -0.0643. The van der Waals surface area contributed by atoms with E-state index in [4.69, 9.17) is 16.3 Å². The number of ether oxygens (including phenoxy) is 1. The van der Waals surface area contributed by atoms with Gasteiger partial charge in [-0.3, -0.25) is 5.10 Å². The highest BCUT2D eigenvalue weighted by Gasteiger charge is 2.39. The summed E-state index contributed by atoms with van der Waals surface area (Å²) in [6.07, 6.45) is 4.38. The maximum atomic E-state index is 5.73. The quantitative estimate of drug-likeness (QED) is 0.848. The normalized spacial score (nSPS) is 31.8. The van der Waals surface area contributed by atoms with E-state index < -0.39 is 0 Å². The molecule has 1 heterocycles. The van der Waals surface area contributed by atoms with Crippen LogP contribution in [0, 0.1) is 5.92 Å². The Bertz CT molecular complexity index is 341. The molecular weight excluding hydrogens is 214 g/mol. The second-order valence-electron chi connectivity index (χ2n) is 4.35. The highest BCUT2D eigenvalue weighted by Crippen LogP contribution is 2.41. The third-order valence-electron chi connectivity index (χ3n) is 3.24. The van der Waals surface area contributed by atoms with Crippen molar-refractivity contribution in [2.24, 2.45) is 5.92 Å². The maximum Gasteiger partial charge on any atom is 0.242 e. The molecule has 2 unspecified atom stereocenters. The molecule has 1 aliphatic rings. The van der Waals surface area contributed by atoms with Gasteiger partial charge in [0.1, 0.15) is 5.60 Å². The number of halogens is 1. The van der Waals surface area contributed by atoms with Crippen LogP contribution in [0.4, 0.5) is 0 Å². The molecule has 1 aliphatic carbocycles. The van der Waals surface area contributed by atoms with Gasteiger partial charge in [-0.1, -0.05) is 13.3 Å². The average molecular weight is 230 g/mol. The molecule has 2 rings (SSSR count). The summed E-state index contributed by atoms with van der Waals surface area (Å²) in [5.41, 5.74) is -0.308. The minimum Gasteiger partial charge on any atom is -0.370 e. The van der Waals surface area contributed by atoms with Gasteiger partial charge in [0.25, 0.3) is 0 Å². The fourth-order valence-corrected chi connectivity index (χ4v) is 2.57. The van der Waals surface area contributed by atoms with Gasteiger partial charge in [-0.2, -0.15) is 4.98 Å². The number of aromatic amines is 1. The molecule has 0 amide bonds. The fraction of sp³-hybridized carbons (Fsp3) is 0.800. The fourth-order valence-electron chi connectivity index (χ4n) is 2.45.